The molecule has 0 bridgehead atoms. The number of nitrogens with zero attached hydrogens (tertiary/aromatic N) is 1. The summed E-state index contributed by atoms with van der Waals surface area (Å²) in [6.07, 6.45) is 7.92. The van der Waals surface area contributed by atoms with Crippen LogP contribution in [0, 0.1) is 5.92 Å². The lowest BCUT2D eigenvalue weighted by Gasteiger charge is -2.33. The van der Waals surface area contributed by atoms with Crippen molar-refractivity contribution in [2.75, 3.05) is 13.1 Å². The second-order valence-corrected chi connectivity index (χ2v) is 7.26. The predicted molar refractivity (Wildman–Crippen MR) is 94.2 cm³/mol. The molecule has 1 unspecified atom stereocenters. The summed E-state index contributed by atoms with van der Waals surface area (Å²) < 4.78 is 0. The van der Waals surface area contributed by atoms with Crippen LogP contribution in [0.15, 0.2) is 0 Å². The fourth-order valence-corrected chi connectivity index (χ4v) is 3.67. The maximum absolute atomic E-state index is 12.5. The Labute approximate surface area is 149 Å². The third kappa shape index (κ3) is 5.90. The number of carboxylic acids is 1. The van der Waals surface area contributed by atoms with Crippen LogP contribution < -0.4 is 10.6 Å². The van der Waals surface area contributed by atoms with E-state index in [0.717, 1.165) is 44.9 Å². The molecule has 142 valence electrons. The van der Waals surface area contributed by atoms with E-state index < -0.39 is 12.0 Å². The van der Waals surface area contributed by atoms with Crippen LogP contribution in [-0.4, -0.2) is 53.1 Å². The Bertz CT molecular complexity index is 477. The predicted octanol–water partition coefficient (Wildman–Crippen LogP) is 2.11. The number of hydrogen-bond donors (Lipinski definition) is 3. The smallest absolute Gasteiger partial charge is 0.326 e. The lowest BCUT2D eigenvalue weighted by atomic mass is 9.96. The van der Waals surface area contributed by atoms with E-state index in [1.807, 2.05) is 6.92 Å². The molecule has 2 aliphatic rings. The monoisotopic (exact) mass is 353 g/mol. The molecule has 1 heterocycles. The molecule has 0 aromatic rings. The Morgan fingerprint density at radius 2 is 1.88 bits per heavy atom. The third-order valence-corrected chi connectivity index (χ3v) is 5.22. The Morgan fingerprint density at radius 1 is 1.16 bits per heavy atom. The second kappa shape index (κ2) is 9.63. The summed E-state index contributed by atoms with van der Waals surface area (Å²) in [6, 6.07) is -0.674. The maximum atomic E-state index is 12.5. The first-order valence-corrected chi connectivity index (χ1v) is 9.60. The van der Waals surface area contributed by atoms with Crippen molar-refractivity contribution >= 4 is 17.9 Å². The molecule has 1 saturated heterocycles. The number of unbranched alkanes of at least 4 members (excludes halogenated alkanes) is 1. The molecule has 0 aromatic heterocycles. The summed E-state index contributed by atoms with van der Waals surface area (Å²) >= 11 is 0. The number of hydrogen-bond acceptors (Lipinski definition) is 3. The molecule has 25 heavy (non-hydrogen) atoms. The fraction of sp³-hybridized carbons (Fsp3) is 0.833. The summed E-state index contributed by atoms with van der Waals surface area (Å²) in [5, 5.41) is 15.0. The lowest BCUT2D eigenvalue weighted by Crippen LogP contribution is -2.52. The van der Waals surface area contributed by atoms with Gasteiger partial charge in [0, 0.05) is 19.1 Å². The fourth-order valence-electron chi connectivity index (χ4n) is 3.67. The van der Waals surface area contributed by atoms with Gasteiger partial charge in [0.2, 0.25) is 5.91 Å². The zero-order valence-electron chi connectivity index (χ0n) is 15.1. The van der Waals surface area contributed by atoms with Crippen molar-refractivity contribution in [2.24, 2.45) is 5.92 Å². The number of carbonyl (C=O) groups is 3. The van der Waals surface area contributed by atoms with Crippen molar-refractivity contribution in [1.82, 2.24) is 15.5 Å². The van der Waals surface area contributed by atoms with Crippen molar-refractivity contribution in [3.8, 4) is 0 Å². The highest BCUT2D eigenvalue weighted by atomic mass is 16.4. The van der Waals surface area contributed by atoms with Gasteiger partial charge in [-0.1, -0.05) is 32.6 Å². The molecule has 2 atom stereocenters. The van der Waals surface area contributed by atoms with Crippen LogP contribution in [0.5, 0.6) is 0 Å². The van der Waals surface area contributed by atoms with Gasteiger partial charge in [0.25, 0.3) is 0 Å². The van der Waals surface area contributed by atoms with E-state index in [4.69, 9.17) is 0 Å². The molecule has 1 aliphatic heterocycles. The maximum Gasteiger partial charge on any atom is 0.326 e. The number of nitrogens with one attached hydrogen (secondary N) is 2. The van der Waals surface area contributed by atoms with Crippen LogP contribution in [0.4, 0.5) is 4.79 Å². The van der Waals surface area contributed by atoms with E-state index in [1.165, 1.54) is 0 Å². The number of rotatable bonds is 7. The zero-order valence-corrected chi connectivity index (χ0v) is 15.1. The van der Waals surface area contributed by atoms with Crippen LogP contribution >= 0.6 is 0 Å². The molecule has 0 radical (unpaired) electrons. The SMILES string of the molecule is CCCC[C@H](NC(=O)C1CCCN(C(=O)NC2CCCC2)C1)C(=O)O. The summed E-state index contributed by atoms with van der Waals surface area (Å²) in [5.41, 5.74) is 0. The Balaban J connectivity index is 1.84. The quantitative estimate of drug-likeness (QED) is 0.653. The first-order chi connectivity index (χ1) is 12.0. The molecule has 2 fully saturated rings. The molecule has 2 rings (SSSR count). The van der Waals surface area contributed by atoms with Gasteiger partial charge in [-0.3, -0.25) is 4.79 Å². The normalized spacial score (nSPS) is 22.4. The van der Waals surface area contributed by atoms with Gasteiger partial charge in [-0.25, -0.2) is 9.59 Å². The van der Waals surface area contributed by atoms with Crippen LogP contribution in [-0.2, 0) is 9.59 Å². The van der Waals surface area contributed by atoms with Crippen LogP contribution in [0.2, 0.25) is 0 Å². The summed E-state index contributed by atoms with van der Waals surface area (Å²) in [6.45, 7) is 3.01. The van der Waals surface area contributed by atoms with Gasteiger partial charge in [-0.2, -0.15) is 0 Å². The zero-order chi connectivity index (χ0) is 18.2. The minimum atomic E-state index is -0.992. The van der Waals surface area contributed by atoms with Crippen LogP contribution in [0.1, 0.15) is 64.7 Å². The molecule has 7 heteroatoms. The van der Waals surface area contributed by atoms with Crippen molar-refractivity contribution < 1.29 is 19.5 Å². The largest absolute Gasteiger partial charge is 0.480 e. The molecule has 1 saturated carbocycles. The van der Waals surface area contributed by atoms with Crippen molar-refractivity contribution in [3.63, 3.8) is 0 Å². The summed E-state index contributed by atoms with van der Waals surface area (Å²) in [5.74, 6) is -1.57. The van der Waals surface area contributed by atoms with Gasteiger partial charge < -0.3 is 20.6 Å². The van der Waals surface area contributed by atoms with E-state index in [1.54, 1.807) is 4.90 Å². The topological polar surface area (TPSA) is 98.7 Å². The average Bonchev–Trinajstić information content (AvgIpc) is 3.11. The minimum Gasteiger partial charge on any atom is -0.480 e. The Hall–Kier alpha value is -1.79. The van der Waals surface area contributed by atoms with Gasteiger partial charge in [0.15, 0.2) is 0 Å². The molecule has 3 amide bonds. The van der Waals surface area contributed by atoms with Crippen LogP contribution in [0.3, 0.4) is 0 Å². The van der Waals surface area contributed by atoms with E-state index in [0.29, 0.717) is 25.9 Å². The molecule has 0 aromatic carbocycles. The highest BCUT2D eigenvalue weighted by molar-refractivity contribution is 5.85. The molecule has 3 N–H and O–H groups in total. The molecule has 0 spiro atoms. The minimum absolute atomic E-state index is 0.0924. The number of piperidine rings is 1. The first kappa shape index (κ1) is 19.5. The Morgan fingerprint density at radius 3 is 2.52 bits per heavy atom. The second-order valence-electron chi connectivity index (χ2n) is 7.26. The molecule has 7 nitrogen and oxygen atoms in total. The van der Waals surface area contributed by atoms with Gasteiger partial charge in [0.1, 0.15) is 6.04 Å². The molecule has 1 aliphatic carbocycles. The average molecular weight is 353 g/mol. The van der Waals surface area contributed by atoms with Crippen molar-refractivity contribution in [1.29, 1.82) is 0 Å². The number of carbonyl (C=O) groups excluding carboxylic acids is 2. The number of aliphatic carboxylic acids is 1. The highest BCUT2D eigenvalue weighted by Crippen LogP contribution is 2.20. The number of carboxylic acid groups (broad SMARTS) is 1. The van der Waals surface area contributed by atoms with Gasteiger partial charge >= 0.3 is 12.0 Å². The van der Waals surface area contributed by atoms with E-state index >= 15 is 0 Å². The summed E-state index contributed by atoms with van der Waals surface area (Å²) in [7, 11) is 0. The number of amides is 3. The molecular formula is C18H31N3O4. The summed E-state index contributed by atoms with van der Waals surface area (Å²) in [4.78, 5) is 37.8. The van der Waals surface area contributed by atoms with E-state index in [9.17, 15) is 19.5 Å². The van der Waals surface area contributed by atoms with E-state index in [-0.39, 0.29) is 23.9 Å². The first-order valence-electron chi connectivity index (χ1n) is 9.60. The number of urea groups is 1. The van der Waals surface area contributed by atoms with Crippen molar-refractivity contribution in [2.45, 2.75) is 76.8 Å². The highest BCUT2D eigenvalue weighted by Gasteiger charge is 2.31. The number of likely N-dealkylation sites (tertiary alicyclic amines) is 1. The van der Waals surface area contributed by atoms with Gasteiger partial charge in [-0.05, 0) is 32.1 Å². The Kier molecular flexibility index (Phi) is 7.52. The lowest BCUT2D eigenvalue weighted by molar-refractivity contribution is -0.143. The van der Waals surface area contributed by atoms with E-state index in [2.05, 4.69) is 10.6 Å². The van der Waals surface area contributed by atoms with Gasteiger partial charge in [0.05, 0.1) is 5.92 Å². The van der Waals surface area contributed by atoms with Crippen LogP contribution in [0.25, 0.3) is 0 Å². The third-order valence-electron chi connectivity index (χ3n) is 5.22. The van der Waals surface area contributed by atoms with Gasteiger partial charge in [-0.15, -0.1) is 0 Å². The van der Waals surface area contributed by atoms with Crippen molar-refractivity contribution in [3.05, 3.63) is 0 Å². The standard InChI is InChI=1S/C18H31N3O4/c1-2-3-10-15(17(23)24)20-16(22)13-7-6-11-21(12-13)18(25)19-14-8-4-5-9-14/h13-15H,2-12H2,1H3,(H,19,25)(H,20,22)(H,23,24)/t13?,15-/m0/s1. The molecular weight excluding hydrogens is 322 g/mol.